The van der Waals surface area contributed by atoms with Gasteiger partial charge in [0.15, 0.2) is 5.78 Å². The molecule has 1 heterocycles. The number of aryl methyl sites for hydroxylation is 1. The van der Waals surface area contributed by atoms with Crippen LogP contribution in [0.2, 0.25) is 0 Å². The zero-order valence-corrected chi connectivity index (χ0v) is 9.83. The first-order valence-corrected chi connectivity index (χ1v) is 6.07. The van der Waals surface area contributed by atoms with Crippen LogP contribution < -0.4 is 5.32 Å². The summed E-state index contributed by atoms with van der Waals surface area (Å²) in [5.41, 5.74) is 2.00. The summed E-state index contributed by atoms with van der Waals surface area (Å²) in [6.07, 6.45) is 2.99. The molecule has 1 aromatic rings. The van der Waals surface area contributed by atoms with Gasteiger partial charge in [0.05, 0.1) is 0 Å². The van der Waals surface area contributed by atoms with Crippen LogP contribution in [0.1, 0.15) is 35.2 Å². The molecule has 0 bridgehead atoms. The van der Waals surface area contributed by atoms with E-state index in [1.54, 1.807) is 0 Å². The Labute approximate surface area is 97.1 Å². The van der Waals surface area contributed by atoms with Crippen LogP contribution in [0.4, 0.5) is 0 Å². The largest absolute Gasteiger partial charge is 0.317 e. The van der Waals surface area contributed by atoms with Gasteiger partial charge in [0.2, 0.25) is 0 Å². The van der Waals surface area contributed by atoms with Crippen LogP contribution >= 0.6 is 0 Å². The number of carbonyl (C=O) groups is 1. The SMILES string of the molecule is Cc1ccccc1C(=O)CC1CCNCC1. The van der Waals surface area contributed by atoms with E-state index < -0.39 is 0 Å². The summed E-state index contributed by atoms with van der Waals surface area (Å²) in [5, 5.41) is 3.33. The molecule has 1 aliphatic heterocycles. The molecule has 0 spiro atoms. The van der Waals surface area contributed by atoms with E-state index in [1.165, 1.54) is 0 Å². The maximum absolute atomic E-state index is 12.1. The fourth-order valence-electron chi connectivity index (χ4n) is 2.34. The van der Waals surface area contributed by atoms with Gasteiger partial charge in [-0.3, -0.25) is 4.79 Å². The smallest absolute Gasteiger partial charge is 0.163 e. The minimum atomic E-state index is 0.310. The summed E-state index contributed by atoms with van der Waals surface area (Å²) >= 11 is 0. The summed E-state index contributed by atoms with van der Waals surface area (Å²) < 4.78 is 0. The van der Waals surface area contributed by atoms with Gasteiger partial charge in [-0.25, -0.2) is 0 Å². The number of Topliss-reactive ketones (excluding diaryl/α,β-unsaturated/α-hetero) is 1. The van der Waals surface area contributed by atoms with Crippen LogP contribution in [0.3, 0.4) is 0 Å². The first-order chi connectivity index (χ1) is 7.77. The van der Waals surface area contributed by atoms with E-state index in [0.29, 0.717) is 18.1 Å². The van der Waals surface area contributed by atoms with Crippen molar-refractivity contribution in [3.05, 3.63) is 35.4 Å². The quantitative estimate of drug-likeness (QED) is 0.788. The molecular formula is C14H19NO. The predicted molar refractivity (Wildman–Crippen MR) is 65.7 cm³/mol. The van der Waals surface area contributed by atoms with Gasteiger partial charge in [-0.1, -0.05) is 24.3 Å². The van der Waals surface area contributed by atoms with E-state index in [4.69, 9.17) is 0 Å². The van der Waals surface area contributed by atoms with E-state index >= 15 is 0 Å². The van der Waals surface area contributed by atoms with Crippen molar-refractivity contribution in [2.24, 2.45) is 5.92 Å². The van der Waals surface area contributed by atoms with E-state index in [-0.39, 0.29) is 0 Å². The molecule has 0 aliphatic carbocycles. The Morgan fingerprint density at radius 1 is 1.31 bits per heavy atom. The Morgan fingerprint density at radius 2 is 2.00 bits per heavy atom. The van der Waals surface area contributed by atoms with Crippen molar-refractivity contribution in [1.82, 2.24) is 5.32 Å². The van der Waals surface area contributed by atoms with Crippen LogP contribution in [0.25, 0.3) is 0 Å². The molecule has 2 rings (SSSR count). The van der Waals surface area contributed by atoms with Crippen LogP contribution in [-0.2, 0) is 0 Å². The van der Waals surface area contributed by atoms with Gasteiger partial charge in [-0.05, 0) is 44.3 Å². The van der Waals surface area contributed by atoms with Crippen molar-refractivity contribution in [2.75, 3.05) is 13.1 Å². The van der Waals surface area contributed by atoms with E-state index in [9.17, 15) is 4.79 Å². The predicted octanol–water partition coefficient (Wildman–Crippen LogP) is 2.57. The topological polar surface area (TPSA) is 29.1 Å². The van der Waals surface area contributed by atoms with Crippen molar-refractivity contribution in [3.8, 4) is 0 Å². The van der Waals surface area contributed by atoms with E-state index in [1.807, 2.05) is 31.2 Å². The lowest BCUT2D eigenvalue weighted by molar-refractivity contribution is 0.0952. The molecule has 1 fully saturated rings. The Bertz CT molecular complexity index is 367. The van der Waals surface area contributed by atoms with Gasteiger partial charge in [0, 0.05) is 12.0 Å². The molecular weight excluding hydrogens is 198 g/mol. The minimum Gasteiger partial charge on any atom is -0.317 e. The van der Waals surface area contributed by atoms with E-state index in [0.717, 1.165) is 37.1 Å². The van der Waals surface area contributed by atoms with Crippen LogP contribution in [0, 0.1) is 12.8 Å². The second kappa shape index (κ2) is 5.26. The second-order valence-corrected chi connectivity index (χ2v) is 4.64. The highest BCUT2D eigenvalue weighted by atomic mass is 16.1. The maximum atomic E-state index is 12.1. The molecule has 0 atom stereocenters. The first kappa shape index (κ1) is 11.3. The Hall–Kier alpha value is -1.15. The molecule has 0 aromatic heterocycles. The molecule has 0 radical (unpaired) electrons. The summed E-state index contributed by atoms with van der Waals surface area (Å²) in [7, 11) is 0. The summed E-state index contributed by atoms with van der Waals surface area (Å²) in [6.45, 7) is 4.13. The van der Waals surface area contributed by atoms with Gasteiger partial charge in [0.1, 0.15) is 0 Å². The number of hydrogen-bond acceptors (Lipinski definition) is 2. The van der Waals surface area contributed by atoms with E-state index in [2.05, 4.69) is 5.32 Å². The van der Waals surface area contributed by atoms with Gasteiger partial charge >= 0.3 is 0 Å². The zero-order chi connectivity index (χ0) is 11.4. The zero-order valence-electron chi connectivity index (χ0n) is 9.83. The van der Waals surface area contributed by atoms with Gasteiger partial charge < -0.3 is 5.32 Å². The van der Waals surface area contributed by atoms with Crippen LogP contribution in [0.15, 0.2) is 24.3 Å². The molecule has 1 N–H and O–H groups in total. The highest BCUT2D eigenvalue weighted by Gasteiger charge is 2.18. The lowest BCUT2D eigenvalue weighted by Crippen LogP contribution is -2.29. The number of rotatable bonds is 3. The van der Waals surface area contributed by atoms with Crippen molar-refractivity contribution in [2.45, 2.75) is 26.2 Å². The fraction of sp³-hybridized carbons (Fsp3) is 0.500. The average Bonchev–Trinajstić information content (AvgIpc) is 2.31. The molecule has 0 amide bonds. The van der Waals surface area contributed by atoms with Gasteiger partial charge in [-0.2, -0.15) is 0 Å². The average molecular weight is 217 g/mol. The van der Waals surface area contributed by atoms with Gasteiger partial charge in [0.25, 0.3) is 0 Å². The van der Waals surface area contributed by atoms with Crippen LogP contribution in [0.5, 0.6) is 0 Å². The highest BCUT2D eigenvalue weighted by Crippen LogP contribution is 2.20. The third-order valence-electron chi connectivity index (χ3n) is 3.38. The van der Waals surface area contributed by atoms with Crippen molar-refractivity contribution >= 4 is 5.78 Å². The molecule has 2 heteroatoms. The Balaban J connectivity index is 2.00. The molecule has 16 heavy (non-hydrogen) atoms. The molecule has 1 aliphatic rings. The van der Waals surface area contributed by atoms with Crippen molar-refractivity contribution < 1.29 is 4.79 Å². The van der Waals surface area contributed by atoms with Crippen LogP contribution in [-0.4, -0.2) is 18.9 Å². The number of piperidine rings is 1. The molecule has 0 unspecified atom stereocenters. The summed E-state index contributed by atoms with van der Waals surface area (Å²) in [4.78, 5) is 12.1. The maximum Gasteiger partial charge on any atom is 0.163 e. The number of nitrogens with one attached hydrogen (secondary N) is 1. The summed E-state index contributed by atoms with van der Waals surface area (Å²) in [5.74, 6) is 0.887. The third-order valence-corrected chi connectivity index (χ3v) is 3.38. The Kier molecular flexibility index (Phi) is 3.73. The number of hydrogen-bond donors (Lipinski definition) is 1. The monoisotopic (exact) mass is 217 g/mol. The molecule has 0 saturated carbocycles. The number of benzene rings is 1. The Morgan fingerprint density at radius 3 is 2.69 bits per heavy atom. The summed E-state index contributed by atoms with van der Waals surface area (Å²) in [6, 6.07) is 7.88. The molecule has 2 nitrogen and oxygen atoms in total. The standard InChI is InChI=1S/C14H19NO/c1-11-4-2-3-5-13(11)14(16)10-12-6-8-15-9-7-12/h2-5,12,15H,6-10H2,1H3. The first-order valence-electron chi connectivity index (χ1n) is 6.07. The minimum absolute atomic E-state index is 0.310. The normalized spacial score (nSPS) is 17.3. The number of ketones is 1. The fourth-order valence-corrected chi connectivity index (χ4v) is 2.34. The second-order valence-electron chi connectivity index (χ2n) is 4.64. The van der Waals surface area contributed by atoms with Crippen molar-refractivity contribution in [3.63, 3.8) is 0 Å². The molecule has 1 aromatic carbocycles. The lowest BCUT2D eigenvalue weighted by atomic mass is 9.89. The van der Waals surface area contributed by atoms with Crippen molar-refractivity contribution in [1.29, 1.82) is 0 Å². The van der Waals surface area contributed by atoms with Gasteiger partial charge in [-0.15, -0.1) is 0 Å². The lowest BCUT2D eigenvalue weighted by Gasteiger charge is -2.22. The molecule has 1 saturated heterocycles. The number of carbonyl (C=O) groups excluding carboxylic acids is 1. The highest BCUT2D eigenvalue weighted by molar-refractivity contribution is 5.97. The molecule has 86 valence electrons. The third kappa shape index (κ3) is 2.70.